The lowest BCUT2D eigenvalue weighted by Crippen LogP contribution is -2.30. The van der Waals surface area contributed by atoms with Crippen molar-refractivity contribution in [2.75, 3.05) is 0 Å². The number of aliphatic hydroxyl groups is 1. The van der Waals surface area contributed by atoms with E-state index in [9.17, 15) is 5.11 Å². The first kappa shape index (κ1) is 14.8. The van der Waals surface area contributed by atoms with Crippen LogP contribution in [0.25, 0.3) is 11.4 Å². The number of hydrogen-bond donors (Lipinski definition) is 1. The fraction of sp³-hybridized carbons (Fsp3) is 0.467. The van der Waals surface area contributed by atoms with E-state index in [1.165, 1.54) is 0 Å². The van der Waals surface area contributed by atoms with Crippen LogP contribution in [0.5, 0.6) is 0 Å². The number of rotatable bonds is 4. The Hall–Kier alpha value is -1.10. The van der Waals surface area contributed by atoms with Crippen molar-refractivity contribution in [3.05, 3.63) is 34.1 Å². The molecular formula is C15H17Cl2N3O. The number of halogens is 2. The van der Waals surface area contributed by atoms with Gasteiger partial charge in [0, 0.05) is 16.5 Å². The van der Waals surface area contributed by atoms with E-state index >= 15 is 0 Å². The molecular weight excluding hydrogens is 309 g/mol. The summed E-state index contributed by atoms with van der Waals surface area (Å²) in [6, 6.07) is 5.25. The zero-order valence-corrected chi connectivity index (χ0v) is 13.5. The molecule has 1 aromatic heterocycles. The van der Waals surface area contributed by atoms with E-state index in [2.05, 4.69) is 10.1 Å². The predicted octanol–water partition coefficient (Wildman–Crippen LogP) is 4.20. The summed E-state index contributed by atoms with van der Waals surface area (Å²) in [6.45, 7) is 3.64. The number of aromatic nitrogens is 3. The topological polar surface area (TPSA) is 50.9 Å². The minimum Gasteiger partial charge on any atom is -0.369 e. The lowest BCUT2D eigenvalue weighted by atomic mass is 10.1. The van der Waals surface area contributed by atoms with Crippen molar-refractivity contribution >= 4 is 23.2 Å². The van der Waals surface area contributed by atoms with E-state index in [4.69, 9.17) is 23.2 Å². The lowest BCUT2D eigenvalue weighted by Gasteiger charge is -2.23. The average Bonchev–Trinajstić information content (AvgIpc) is 3.18. The maximum Gasteiger partial charge on any atom is 0.162 e. The molecule has 1 saturated carbocycles. The van der Waals surface area contributed by atoms with Crippen LogP contribution in [0.3, 0.4) is 0 Å². The largest absolute Gasteiger partial charge is 0.369 e. The Morgan fingerprint density at radius 2 is 2.10 bits per heavy atom. The summed E-state index contributed by atoms with van der Waals surface area (Å²) in [4.78, 5) is 4.61. The molecule has 0 spiro atoms. The maximum atomic E-state index is 10.6. The van der Waals surface area contributed by atoms with Crippen molar-refractivity contribution in [2.24, 2.45) is 0 Å². The van der Waals surface area contributed by atoms with Crippen LogP contribution < -0.4 is 0 Å². The second-order valence-corrected chi connectivity index (χ2v) is 6.52. The fourth-order valence-electron chi connectivity index (χ4n) is 2.17. The normalized spacial score (nSPS) is 17.8. The second kappa shape index (κ2) is 5.27. The van der Waals surface area contributed by atoms with Crippen LogP contribution >= 0.6 is 23.2 Å². The van der Waals surface area contributed by atoms with Gasteiger partial charge in [0.1, 0.15) is 0 Å². The average molecular weight is 326 g/mol. The molecule has 6 heteroatoms. The molecule has 1 N–H and O–H groups in total. The lowest BCUT2D eigenvalue weighted by molar-refractivity contribution is -0.0323. The Kier molecular flexibility index (Phi) is 3.72. The van der Waals surface area contributed by atoms with Crippen molar-refractivity contribution < 1.29 is 5.11 Å². The van der Waals surface area contributed by atoms with Crippen LogP contribution in [-0.2, 0) is 5.72 Å². The van der Waals surface area contributed by atoms with E-state index in [1.54, 1.807) is 23.7 Å². The zero-order chi connectivity index (χ0) is 15.2. The summed E-state index contributed by atoms with van der Waals surface area (Å²) in [5, 5.41) is 16.2. The van der Waals surface area contributed by atoms with Crippen molar-refractivity contribution in [3.63, 3.8) is 0 Å². The Morgan fingerprint density at radius 1 is 1.38 bits per heavy atom. The Labute approximate surface area is 133 Å². The van der Waals surface area contributed by atoms with Crippen LogP contribution in [0.15, 0.2) is 18.2 Å². The number of benzene rings is 1. The highest BCUT2D eigenvalue weighted by Gasteiger charge is 2.33. The third-order valence-corrected chi connectivity index (χ3v) is 4.41. The highest BCUT2D eigenvalue weighted by atomic mass is 35.5. The van der Waals surface area contributed by atoms with Crippen LogP contribution in [0.4, 0.5) is 0 Å². The van der Waals surface area contributed by atoms with Gasteiger partial charge in [-0.2, -0.15) is 5.10 Å². The van der Waals surface area contributed by atoms with Gasteiger partial charge in [-0.3, -0.25) is 0 Å². The van der Waals surface area contributed by atoms with Gasteiger partial charge in [-0.15, -0.1) is 0 Å². The monoisotopic (exact) mass is 325 g/mol. The molecule has 4 nitrogen and oxygen atoms in total. The molecule has 1 aromatic carbocycles. The standard InChI is InChI=1S/C15H17Cl2N3O/c1-3-15(2,21)20-14(18-13(19-20)9-4-5-9)11-7-6-10(16)8-12(11)17/h6-9,21H,3-5H2,1-2H3. The smallest absolute Gasteiger partial charge is 0.162 e. The Morgan fingerprint density at radius 3 is 2.67 bits per heavy atom. The molecule has 112 valence electrons. The summed E-state index contributed by atoms with van der Waals surface area (Å²) in [5.41, 5.74) is -0.368. The van der Waals surface area contributed by atoms with E-state index < -0.39 is 5.72 Å². The van der Waals surface area contributed by atoms with E-state index in [-0.39, 0.29) is 0 Å². The second-order valence-electron chi connectivity index (χ2n) is 5.67. The van der Waals surface area contributed by atoms with Crippen LogP contribution in [-0.4, -0.2) is 19.9 Å². The number of nitrogens with zero attached hydrogens (tertiary/aromatic N) is 3. The first-order valence-electron chi connectivity index (χ1n) is 7.07. The van der Waals surface area contributed by atoms with E-state index in [0.29, 0.717) is 28.2 Å². The maximum absolute atomic E-state index is 10.6. The van der Waals surface area contributed by atoms with E-state index in [0.717, 1.165) is 24.2 Å². The van der Waals surface area contributed by atoms with Gasteiger partial charge in [0.05, 0.1) is 5.02 Å². The Balaban J connectivity index is 2.15. The van der Waals surface area contributed by atoms with Gasteiger partial charge in [-0.25, -0.2) is 9.67 Å². The first-order chi connectivity index (χ1) is 9.92. The summed E-state index contributed by atoms with van der Waals surface area (Å²) in [5.74, 6) is 1.78. The zero-order valence-electron chi connectivity index (χ0n) is 12.0. The molecule has 0 bridgehead atoms. The predicted molar refractivity (Wildman–Crippen MR) is 83.6 cm³/mol. The number of hydrogen-bond acceptors (Lipinski definition) is 3. The van der Waals surface area contributed by atoms with Crippen molar-refractivity contribution in [1.29, 1.82) is 0 Å². The quantitative estimate of drug-likeness (QED) is 0.916. The molecule has 0 amide bonds. The van der Waals surface area contributed by atoms with Gasteiger partial charge in [-0.05, 0) is 44.4 Å². The molecule has 1 unspecified atom stereocenters. The molecule has 2 aromatic rings. The van der Waals surface area contributed by atoms with Crippen LogP contribution in [0.2, 0.25) is 10.0 Å². The minimum atomic E-state index is -1.10. The molecule has 3 rings (SSSR count). The van der Waals surface area contributed by atoms with Gasteiger partial charge in [0.15, 0.2) is 17.4 Å². The van der Waals surface area contributed by atoms with E-state index in [1.807, 2.05) is 13.0 Å². The summed E-state index contributed by atoms with van der Waals surface area (Å²) in [7, 11) is 0. The fourth-order valence-corrected chi connectivity index (χ4v) is 2.67. The van der Waals surface area contributed by atoms with Crippen LogP contribution in [0.1, 0.15) is 44.9 Å². The third-order valence-electron chi connectivity index (χ3n) is 3.86. The Bertz CT molecular complexity index is 678. The summed E-state index contributed by atoms with van der Waals surface area (Å²) < 4.78 is 1.58. The van der Waals surface area contributed by atoms with Crippen LogP contribution in [0, 0.1) is 0 Å². The van der Waals surface area contributed by atoms with Crippen molar-refractivity contribution in [2.45, 2.75) is 44.8 Å². The molecule has 0 aliphatic heterocycles. The molecule has 0 radical (unpaired) electrons. The van der Waals surface area contributed by atoms with Gasteiger partial charge >= 0.3 is 0 Å². The minimum absolute atomic E-state index is 0.406. The molecule has 0 saturated heterocycles. The van der Waals surface area contributed by atoms with Gasteiger partial charge < -0.3 is 5.11 Å². The highest BCUT2D eigenvalue weighted by Crippen LogP contribution is 2.40. The summed E-state index contributed by atoms with van der Waals surface area (Å²) in [6.07, 6.45) is 2.73. The van der Waals surface area contributed by atoms with Gasteiger partial charge in [0.2, 0.25) is 0 Å². The highest BCUT2D eigenvalue weighted by molar-refractivity contribution is 6.36. The van der Waals surface area contributed by atoms with Crippen molar-refractivity contribution in [1.82, 2.24) is 14.8 Å². The summed E-state index contributed by atoms with van der Waals surface area (Å²) >= 11 is 12.2. The van der Waals surface area contributed by atoms with Crippen molar-refractivity contribution in [3.8, 4) is 11.4 Å². The van der Waals surface area contributed by atoms with Gasteiger partial charge in [-0.1, -0.05) is 30.1 Å². The molecule has 21 heavy (non-hydrogen) atoms. The molecule has 1 atom stereocenters. The molecule has 1 aliphatic rings. The third kappa shape index (κ3) is 2.80. The first-order valence-corrected chi connectivity index (χ1v) is 7.83. The SMILES string of the molecule is CCC(C)(O)n1nc(C2CC2)nc1-c1ccc(Cl)cc1Cl. The molecule has 1 heterocycles. The van der Waals surface area contributed by atoms with Gasteiger partial charge in [0.25, 0.3) is 0 Å². The molecule has 1 aliphatic carbocycles. The molecule has 1 fully saturated rings.